The Morgan fingerprint density at radius 3 is 1.56 bits per heavy atom. The van der Waals surface area contributed by atoms with E-state index in [0.717, 1.165) is 49.7 Å². The van der Waals surface area contributed by atoms with Gasteiger partial charge in [0, 0.05) is 17.4 Å². The lowest BCUT2D eigenvalue weighted by Crippen LogP contribution is -2.55. The minimum Gasteiger partial charge on any atom is -0.473 e. The molecule has 1 fully saturated rings. The molecule has 0 saturated carbocycles. The lowest BCUT2D eigenvalue weighted by atomic mass is 9.85. The summed E-state index contributed by atoms with van der Waals surface area (Å²) in [7, 11) is -3.59. The van der Waals surface area contributed by atoms with Gasteiger partial charge in [0.1, 0.15) is 5.75 Å². The van der Waals surface area contributed by atoms with Crippen LogP contribution in [0.15, 0.2) is 91.0 Å². The predicted octanol–water partition coefficient (Wildman–Crippen LogP) is 18.0. The van der Waals surface area contributed by atoms with Gasteiger partial charge in [0.25, 0.3) is 17.7 Å². The van der Waals surface area contributed by atoms with E-state index in [1.165, 1.54) is 144 Å². The lowest BCUT2D eigenvalue weighted by Gasteiger charge is -2.29. The second-order valence-electron chi connectivity index (χ2n) is 26.6. The monoisotopic (exact) mass is 1360 g/mol. The highest BCUT2D eigenvalue weighted by atomic mass is 35.5. The lowest BCUT2D eigenvalue weighted by molar-refractivity contribution is -0.149. The number of Topliss-reactive ketones (excluding diaryl/α,β-unsaturated/α-hetero) is 2. The number of halogens is 2. The Morgan fingerprint density at radius 2 is 1.05 bits per heavy atom. The number of carbonyl (C=O) groups is 7. The van der Waals surface area contributed by atoms with Crippen LogP contribution in [0.1, 0.15) is 238 Å². The maximum absolute atomic E-state index is 13.9. The number of esters is 1. The number of sulfonamides is 1. The number of hydrogen-bond acceptors (Lipinski definition) is 12. The van der Waals surface area contributed by atoms with Gasteiger partial charge in [-0.15, -0.1) is 0 Å². The number of benzene rings is 4. The molecule has 1 heterocycles. The third-order valence-electron chi connectivity index (χ3n) is 16.1. The highest BCUT2D eigenvalue weighted by molar-refractivity contribution is 7.92. The molecule has 17 nitrogen and oxygen atoms in total. The summed E-state index contributed by atoms with van der Waals surface area (Å²) in [6, 6.07) is 22.2. The van der Waals surface area contributed by atoms with Crippen molar-refractivity contribution in [3.63, 3.8) is 0 Å². The second kappa shape index (κ2) is 41.6. The van der Waals surface area contributed by atoms with Gasteiger partial charge < -0.3 is 24.8 Å². The summed E-state index contributed by atoms with van der Waals surface area (Å²) >= 11 is 12.8. The largest absolute Gasteiger partial charge is 0.473 e. The standard InChI is InChI=1S/C38H52ClN3O7.C36H55ClN2O5S/c1-6-8-9-10-11-12-13-14-15-19-24-49-36(46)28-22-23-29(39)30(25-28)40-33(44)31(32(43)38(3,4)5)42-34(45)35(48-7-2)41(37(42)47)26-27-20-17-16-18-21-27;1-6-7-8-9-10-11-12-13-14-15-16-17-18-19-26-45(42,43)39-29-22-25-31(37)32(27-29)38-35(41)33(34(40)36(3,4)5)44-30-23-20-28(2)21-24-30/h16-18,20-23,25,31,35H,6-15,19,24,26H2,1-5H3,(H,40,44);20-25,27,33,39H,6-19,26H2,1-5H3,(H,38,41). The number of imide groups is 1. The quantitative estimate of drug-likeness (QED) is 0.0163. The van der Waals surface area contributed by atoms with E-state index < -0.39 is 80.5 Å². The van der Waals surface area contributed by atoms with Crippen molar-refractivity contribution >= 4 is 91.6 Å². The van der Waals surface area contributed by atoms with Crippen LogP contribution in [-0.2, 0) is 50.0 Å². The van der Waals surface area contributed by atoms with E-state index in [1.807, 2.05) is 25.1 Å². The summed E-state index contributed by atoms with van der Waals surface area (Å²) in [4.78, 5) is 96.5. The number of carbonyl (C=O) groups excluding carboxylic acids is 7. The molecular formula is C74H107Cl2N5O12S. The average molecular weight is 1360 g/mol. The first-order valence-electron chi connectivity index (χ1n) is 34.2. The fourth-order valence-corrected chi connectivity index (χ4v) is 12.1. The Kier molecular flexibility index (Phi) is 35.4. The van der Waals surface area contributed by atoms with E-state index in [9.17, 15) is 42.0 Å². The molecule has 3 atom stereocenters. The number of unbranched alkanes of at least 4 members (excludes halogenated alkanes) is 22. The Bertz CT molecular complexity index is 3130. The molecule has 5 amide bonds. The Morgan fingerprint density at radius 1 is 0.574 bits per heavy atom. The fourth-order valence-electron chi connectivity index (χ4n) is 10.6. The topological polar surface area (TPSA) is 224 Å². The van der Waals surface area contributed by atoms with Crippen molar-refractivity contribution in [1.29, 1.82) is 0 Å². The highest BCUT2D eigenvalue weighted by Crippen LogP contribution is 2.32. The van der Waals surface area contributed by atoms with Crippen LogP contribution in [-0.4, -0.2) is 96.8 Å². The number of nitrogens with one attached hydrogen (secondary N) is 3. The van der Waals surface area contributed by atoms with Gasteiger partial charge in [-0.05, 0) is 80.8 Å². The molecule has 5 rings (SSSR count). The molecule has 20 heteroatoms. The van der Waals surface area contributed by atoms with Crippen LogP contribution in [0.25, 0.3) is 0 Å². The van der Waals surface area contributed by atoms with Crippen LogP contribution >= 0.6 is 23.2 Å². The van der Waals surface area contributed by atoms with Crippen LogP contribution in [0.2, 0.25) is 10.0 Å². The van der Waals surface area contributed by atoms with Gasteiger partial charge in [0.2, 0.25) is 22.4 Å². The van der Waals surface area contributed by atoms with Crippen molar-refractivity contribution in [2.75, 3.05) is 34.3 Å². The summed E-state index contributed by atoms with van der Waals surface area (Å²) in [6.07, 6.45) is 25.6. The Balaban J connectivity index is 0.000000402. The Labute approximate surface area is 571 Å². The molecule has 1 aliphatic rings. The zero-order chi connectivity index (χ0) is 69.3. The third kappa shape index (κ3) is 28.2. The SMILES string of the molecule is CCCCCCCCCCCCCCCCS(=O)(=O)Nc1ccc(Cl)c(NC(=O)C(Oc2ccc(C)cc2)C(=O)C(C)(C)C)c1.CCCCCCCCCCCCOC(=O)c1ccc(Cl)c(NC(=O)C(C(=O)C(C)(C)C)N2C(=O)C(OCC)N(Cc3ccccc3)C2=O)c1. The van der Waals surface area contributed by atoms with Crippen molar-refractivity contribution < 1.29 is 56.2 Å². The van der Waals surface area contributed by atoms with Crippen molar-refractivity contribution in [2.24, 2.45) is 10.8 Å². The summed E-state index contributed by atoms with van der Waals surface area (Å²) in [5.41, 5.74) is 0.443. The number of nitrogens with zero attached hydrogens (tertiary/aromatic N) is 2. The van der Waals surface area contributed by atoms with E-state index in [0.29, 0.717) is 17.1 Å². The van der Waals surface area contributed by atoms with Gasteiger partial charge in [-0.25, -0.2) is 22.9 Å². The molecule has 94 heavy (non-hydrogen) atoms. The zero-order valence-electron chi connectivity index (χ0n) is 57.6. The van der Waals surface area contributed by atoms with Crippen molar-refractivity contribution in [1.82, 2.24) is 9.80 Å². The number of anilines is 3. The minimum absolute atomic E-state index is 0.0158. The van der Waals surface area contributed by atoms with Gasteiger partial charge in [0.05, 0.1) is 51.6 Å². The maximum atomic E-state index is 13.9. The van der Waals surface area contributed by atoms with Crippen LogP contribution in [0.4, 0.5) is 21.9 Å². The van der Waals surface area contributed by atoms with Crippen molar-refractivity contribution in [3.05, 3.63) is 118 Å². The normalized spacial score (nSPS) is 14.0. The number of ketones is 2. The molecule has 4 aromatic carbocycles. The first-order chi connectivity index (χ1) is 44.7. The molecule has 1 saturated heterocycles. The molecule has 0 aromatic heterocycles. The summed E-state index contributed by atoms with van der Waals surface area (Å²) < 4.78 is 45.1. The molecule has 3 unspecified atom stereocenters. The molecule has 1 aliphatic heterocycles. The van der Waals surface area contributed by atoms with E-state index in [2.05, 4.69) is 29.2 Å². The molecule has 0 radical (unpaired) electrons. The smallest absolute Gasteiger partial charge is 0.338 e. The van der Waals surface area contributed by atoms with Gasteiger partial charge >= 0.3 is 12.0 Å². The Hall–Kier alpha value is -6.34. The molecular weight excluding hydrogens is 1250 g/mol. The third-order valence-corrected chi connectivity index (χ3v) is 18.2. The van der Waals surface area contributed by atoms with Gasteiger partial charge in [0.15, 0.2) is 17.6 Å². The van der Waals surface area contributed by atoms with E-state index in [-0.39, 0.29) is 58.2 Å². The summed E-state index contributed by atoms with van der Waals surface area (Å²) in [5.74, 6) is -3.71. The van der Waals surface area contributed by atoms with E-state index in [1.54, 1.807) is 90.9 Å². The molecule has 0 bridgehead atoms. The summed E-state index contributed by atoms with van der Waals surface area (Å²) in [5, 5.41) is 5.56. The summed E-state index contributed by atoms with van der Waals surface area (Å²) in [6.45, 7) is 18.4. The van der Waals surface area contributed by atoms with Crippen molar-refractivity contribution in [3.8, 4) is 5.75 Å². The number of aryl methyl sites for hydroxylation is 1. The average Bonchev–Trinajstić information content (AvgIpc) is 1.59. The highest BCUT2D eigenvalue weighted by Gasteiger charge is 2.54. The number of amides is 5. The fraction of sp³-hybridized carbons (Fsp3) is 0.581. The molecule has 4 aromatic rings. The number of rotatable bonds is 42. The van der Waals surface area contributed by atoms with Crippen molar-refractivity contribution in [2.45, 2.75) is 248 Å². The molecule has 3 N–H and O–H groups in total. The van der Waals surface area contributed by atoms with Gasteiger partial charge in [-0.1, -0.05) is 268 Å². The molecule has 520 valence electrons. The predicted molar refractivity (Wildman–Crippen MR) is 378 cm³/mol. The molecule has 0 aliphatic carbocycles. The van der Waals surface area contributed by atoms with E-state index >= 15 is 0 Å². The number of hydrogen-bond donors (Lipinski definition) is 3. The number of urea groups is 1. The van der Waals surface area contributed by atoms with Gasteiger partial charge in [-0.2, -0.15) is 0 Å². The molecule has 0 spiro atoms. The first-order valence-corrected chi connectivity index (χ1v) is 36.6. The van der Waals surface area contributed by atoms with Crippen LogP contribution in [0.5, 0.6) is 5.75 Å². The van der Waals surface area contributed by atoms with Crippen LogP contribution < -0.4 is 20.1 Å². The second-order valence-corrected chi connectivity index (χ2v) is 29.2. The first kappa shape index (κ1) is 80.1. The number of ether oxygens (including phenoxy) is 3. The minimum atomic E-state index is -3.59. The zero-order valence-corrected chi connectivity index (χ0v) is 60.0. The van der Waals surface area contributed by atoms with Crippen LogP contribution in [0.3, 0.4) is 0 Å². The maximum Gasteiger partial charge on any atom is 0.338 e. The van der Waals surface area contributed by atoms with Crippen LogP contribution in [0, 0.1) is 17.8 Å². The van der Waals surface area contributed by atoms with Gasteiger partial charge in [-0.3, -0.25) is 33.6 Å². The van der Waals surface area contributed by atoms with E-state index in [4.69, 9.17) is 37.4 Å².